The van der Waals surface area contributed by atoms with E-state index in [2.05, 4.69) is 82.3 Å². The number of furan rings is 1. The minimum atomic E-state index is 0.215. The van der Waals surface area contributed by atoms with Crippen LogP contribution in [0.25, 0.3) is 6.08 Å². The molecule has 2 heteroatoms. The lowest BCUT2D eigenvalue weighted by Gasteiger charge is -2.52. The Kier molecular flexibility index (Phi) is 5.99. The molecule has 0 bridgehead atoms. The molecule has 1 fully saturated rings. The van der Waals surface area contributed by atoms with E-state index in [1.807, 2.05) is 0 Å². The molecule has 1 aromatic heterocycles. The molecule has 2 aromatic rings. The van der Waals surface area contributed by atoms with Gasteiger partial charge in [0.05, 0.1) is 0 Å². The lowest BCUT2D eigenvalue weighted by molar-refractivity contribution is 0.0770. The fraction of sp³-hybridized carbons (Fsp3) is 0.571. The minimum Gasteiger partial charge on any atom is -0.461 e. The summed E-state index contributed by atoms with van der Waals surface area (Å²) < 4.78 is 6.69. The van der Waals surface area contributed by atoms with Gasteiger partial charge >= 0.3 is 0 Å². The molecule has 2 aliphatic rings. The molecule has 1 saturated carbocycles. The molecule has 1 heterocycles. The maximum absolute atomic E-state index is 6.69. The van der Waals surface area contributed by atoms with Gasteiger partial charge in [0.1, 0.15) is 11.5 Å². The van der Waals surface area contributed by atoms with Crippen molar-refractivity contribution in [2.24, 2.45) is 5.92 Å². The SMILES string of the molecule is C/C=C\c1oc2c(c1CC)CCCC21CCC(C)(c2ccccc2)C(CN(C)C)C1. The zero-order valence-electron chi connectivity index (χ0n) is 19.6. The molecule has 4 rings (SSSR count). The number of rotatable bonds is 5. The van der Waals surface area contributed by atoms with E-state index >= 15 is 0 Å². The standard InChI is InChI=1S/C28H39NO/c1-6-12-25-23(7-2)24-15-11-16-28(26(24)30-25)18-17-27(3,21-13-9-8-10-14-21)22(19-28)20-29(4)5/h6,8-10,12-14,22H,7,11,15-20H2,1-5H3/b12-6-. The second-order valence-electron chi connectivity index (χ2n) is 10.2. The molecule has 1 aromatic carbocycles. The van der Waals surface area contributed by atoms with Crippen molar-refractivity contribution in [3.05, 3.63) is 64.6 Å². The van der Waals surface area contributed by atoms with Crippen molar-refractivity contribution >= 4 is 6.08 Å². The minimum absolute atomic E-state index is 0.215. The van der Waals surface area contributed by atoms with Crippen molar-refractivity contribution in [3.8, 4) is 0 Å². The van der Waals surface area contributed by atoms with Crippen LogP contribution in [-0.2, 0) is 23.7 Å². The van der Waals surface area contributed by atoms with Crippen molar-refractivity contribution in [2.45, 2.75) is 76.5 Å². The third-order valence-corrected chi connectivity index (χ3v) is 8.06. The van der Waals surface area contributed by atoms with Crippen LogP contribution in [-0.4, -0.2) is 25.5 Å². The summed E-state index contributed by atoms with van der Waals surface area (Å²) in [5, 5.41) is 0. The van der Waals surface area contributed by atoms with Crippen LogP contribution in [0.4, 0.5) is 0 Å². The summed E-state index contributed by atoms with van der Waals surface area (Å²) in [5.74, 6) is 3.08. The monoisotopic (exact) mass is 405 g/mol. The van der Waals surface area contributed by atoms with Crippen molar-refractivity contribution in [1.82, 2.24) is 4.90 Å². The Bertz CT molecular complexity index is 893. The van der Waals surface area contributed by atoms with Crippen molar-refractivity contribution < 1.29 is 4.42 Å². The third kappa shape index (κ3) is 3.58. The van der Waals surface area contributed by atoms with E-state index in [-0.39, 0.29) is 10.8 Å². The van der Waals surface area contributed by atoms with Gasteiger partial charge in [0.15, 0.2) is 0 Å². The van der Waals surface area contributed by atoms with E-state index in [4.69, 9.17) is 4.42 Å². The van der Waals surface area contributed by atoms with Gasteiger partial charge in [0, 0.05) is 17.5 Å². The molecule has 2 nitrogen and oxygen atoms in total. The van der Waals surface area contributed by atoms with Crippen molar-refractivity contribution in [1.29, 1.82) is 0 Å². The van der Waals surface area contributed by atoms with Gasteiger partial charge in [-0.1, -0.05) is 50.3 Å². The van der Waals surface area contributed by atoms with Crippen LogP contribution < -0.4 is 0 Å². The fourth-order valence-electron chi connectivity index (χ4n) is 6.44. The first-order valence-electron chi connectivity index (χ1n) is 11.9. The van der Waals surface area contributed by atoms with Gasteiger partial charge in [0.2, 0.25) is 0 Å². The molecule has 1 spiro atoms. The Morgan fingerprint density at radius 2 is 1.90 bits per heavy atom. The molecular formula is C28H39NO. The number of nitrogens with zero attached hydrogens (tertiary/aromatic N) is 1. The molecule has 162 valence electrons. The van der Waals surface area contributed by atoms with Crippen LogP contribution >= 0.6 is 0 Å². The van der Waals surface area contributed by atoms with E-state index in [0.717, 1.165) is 18.7 Å². The number of benzene rings is 1. The third-order valence-electron chi connectivity index (χ3n) is 8.06. The highest BCUT2D eigenvalue weighted by atomic mass is 16.3. The van der Waals surface area contributed by atoms with Crippen molar-refractivity contribution in [3.63, 3.8) is 0 Å². The van der Waals surface area contributed by atoms with E-state index in [9.17, 15) is 0 Å². The summed E-state index contributed by atoms with van der Waals surface area (Å²) in [6, 6.07) is 11.3. The Morgan fingerprint density at radius 1 is 1.13 bits per heavy atom. The first kappa shape index (κ1) is 21.4. The summed E-state index contributed by atoms with van der Waals surface area (Å²) >= 11 is 0. The molecule has 3 unspecified atom stereocenters. The quantitative estimate of drug-likeness (QED) is 0.546. The van der Waals surface area contributed by atoms with Crippen LogP contribution in [0.3, 0.4) is 0 Å². The van der Waals surface area contributed by atoms with Crippen LogP contribution in [0, 0.1) is 5.92 Å². The Balaban J connectivity index is 1.76. The fourth-order valence-corrected chi connectivity index (χ4v) is 6.44. The van der Waals surface area contributed by atoms with Gasteiger partial charge in [-0.3, -0.25) is 0 Å². The van der Waals surface area contributed by atoms with Gasteiger partial charge < -0.3 is 9.32 Å². The summed E-state index contributed by atoms with van der Waals surface area (Å²) in [6.45, 7) is 8.01. The number of allylic oxidation sites excluding steroid dienone is 1. The second kappa shape index (κ2) is 8.38. The summed E-state index contributed by atoms with van der Waals surface area (Å²) in [4.78, 5) is 2.39. The molecule has 0 saturated heterocycles. The zero-order valence-corrected chi connectivity index (χ0v) is 19.6. The van der Waals surface area contributed by atoms with Gasteiger partial charge in [-0.15, -0.1) is 0 Å². The molecule has 0 radical (unpaired) electrons. The molecule has 0 N–H and O–H groups in total. The Hall–Kier alpha value is -1.80. The summed E-state index contributed by atoms with van der Waals surface area (Å²) in [6.07, 6.45) is 12.8. The van der Waals surface area contributed by atoms with E-state index in [0.29, 0.717) is 5.92 Å². The van der Waals surface area contributed by atoms with E-state index < -0.39 is 0 Å². The second-order valence-corrected chi connectivity index (χ2v) is 10.2. The van der Waals surface area contributed by atoms with Gasteiger partial charge in [-0.2, -0.15) is 0 Å². The molecular weight excluding hydrogens is 366 g/mol. The van der Waals surface area contributed by atoms with Crippen LogP contribution in [0.5, 0.6) is 0 Å². The topological polar surface area (TPSA) is 16.4 Å². The largest absolute Gasteiger partial charge is 0.461 e. The molecule has 3 atom stereocenters. The van der Waals surface area contributed by atoms with Gasteiger partial charge in [-0.05, 0) is 94.5 Å². The molecule has 30 heavy (non-hydrogen) atoms. The normalized spacial score (nSPS) is 29.1. The maximum atomic E-state index is 6.69. The van der Waals surface area contributed by atoms with Crippen LogP contribution in [0.2, 0.25) is 0 Å². The highest BCUT2D eigenvalue weighted by Gasteiger charge is 2.51. The molecule has 2 aliphatic carbocycles. The lowest BCUT2D eigenvalue weighted by Crippen LogP contribution is -2.49. The smallest absolute Gasteiger partial charge is 0.130 e. The summed E-state index contributed by atoms with van der Waals surface area (Å²) in [7, 11) is 4.45. The van der Waals surface area contributed by atoms with Gasteiger partial charge in [0.25, 0.3) is 0 Å². The Morgan fingerprint density at radius 3 is 2.57 bits per heavy atom. The summed E-state index contributed by atoms with van der Waals surface area (Å²) in [5.41, 5.74) is 4.95. The number of hydrogen-bond acceptors (Lipinski definition) is 2. The first-order valence-corrected chi connectivity index (χ1v) is 11.9. The average molecular weight is 406 g/mol. The first-order chi connectivity index (χ1) is 14.4. The number of hydrogen-bond donors (Lipinski definition) is 0. The highest BCUT2D eigenvalue weighted by molar-refractivity contribution is 5.54. The van der Waals surface area contributed by atoms with E-state index in [1.165, 1.54) is 55.4 Å². The van der Waals surface area contributed by atoms with Crippen LogP contribution in [0.15, 0.2) is 40.8 Å². The molecule has 0 aliphatic heterocycles. The molecule has 0 amide bonds. The Labute approximate surface area is 183 Å². The number of fused-ring (bicyclic) bond motifs is 2. The van der Waals surface area contributed by atoms with E-state index in [1.54, 1.807) is 5.56 Å². The average Bonchev–Trinajstić information content (AvgIpc) is 3.10. The predicted molar refractivity (Wildman–Crippen MR) is 127 cm³/mol. The maximum Gasteiger partial charge on any atom is 0.130 e. The predicted octanol–water partition coefficient (Wildman–Crippen LogP) is 6.77. The highest BCUT2D eigenvalue weighted by Crippen LogP contribution is 2.56. The van der Waals surface area contributed by atoms with Crippen LogP contribution in [0.1, 0.15) is 81.1 Å². The van der Waals surface area contributed by atoms with Crippen molar-refractivity contribution in [2.75, 3.05) is 20.6 Å². The van der Waals surface area contributed by atoms with Gasteiger partial charge in [-0.25, -0.2) is 0 Å². The zero-order chi connectivity index (χ0) is 21.4. The lowest BCUT2D eigenvalue weighted by atomic mass is 9.53.